The molecule has 0 aliphatic carbocycles. The molecule has 108 valence electrons. The highest BCUT2D eigenvalue weighted by Gasteiger charge is 2.32. The molecule has 1 rings (SSSR count). The number of alkyl halides is 3. The fraction of sp³-hybridized carbons (Fsp3) is 0.600. The van der Waals surface area contributed by atoms with Gasteiger partial charge in [-0.25, -0.2) is 0 Å². The second kappa shape index (κ2) is 6.94. The average molecular weight is 273 g/mol. The Morgan fingerprint density at radius 2 is 1.58 bits per heavy atom. The maximum atomic E-state index is 12.5. The fourth-order valence-corrected chi connectivity index (χ4v) is 2.08. The van der Waals surface area contributed by atoms with Gasteiger partial charge in [0.1, 0.15) is 0 Å². The first-order chi connectivity index (χ1) is 8.87. The van der Waals surface area contributed by atoms with Crippen LogP contribution in [0.3, 0.4) is 0 Å². The SMILES string of the molecule is CCNC(CC(F)(F)F)c1ccc(C(C)CC)cc1. The Balaban J connectivity index is 2.85. The third-order valence-electron chi connectivity index (χ3n) is 3.41. The molecule has 0 heterocycles. The van der Waals surface area contributed by atoms with Crippen LogP contribution in [0, 0.1) is 0 Å². The van der Waals surface area contributed by atoms with Crippen molar-refractivity contribution >= 4 is 0 Å². The van der Waals surface area contributed by atoms with Crippen molar-refractivity contribution in [1.82, 2.24) is 5.32 Å². The number of hydrogen-bond donors (Lipinski definition) is 1. The lowest BCUT2D eigenvalue weighted by molar-refractivity contribution is -0.140. The van der Waals surface area contributed by atoms with E-state index >= 15 is 0 Å². The Kier molecular flexibility index (Phi) is 5.85. The standard InChI is InChI=1S/C15H22F3N/c1-4-11(3)12-6-8-13(9-7-12)14(19-5-2)10-15(16,17)18/h6-9,11,14,19H,4-5,10H2,1-3H3. The molecule has 4 heteroatoms. The molecule has 1 nitrogen and oxygen atoms in total. The van der Waals surface area contributed by atoms with Crippen molar-refractivity contribution in [3.05, 3.63) is 35.4 Å². The first-order valence-corrected chi connectivity index (χ1v) is 6.77. The molecular weight excluding hydrogens is 251 g/mol. The summed E-state index contributed by atoms with van der Waals surface area (Å²) in [5.74, 6) is 0.439. The van der Waals surface area contributed by atoms with Crippen molar-refractivity contribution < 1.29 is 13.2 Å². The third-order valence-corrected chi connectivity index (χ3v) is 3.41. The van der Waals surface area contributed by atoms with Gasteiger partial charge in [-0.3, -0.25) is 0 Å². The molecule has 1 aromatic carbocycles. The van der Waals surface area contributed by atoms with Gasteiger partial charge >= 0.3 is 6.18 Å². The summed E-state index contributed by atoms with van der Waals surface area (Å²) < 4.78 is 37.6. The van der Waals surface area contributed by atoms with Crippen molar-refractivity contribution in [2.24, 2.45) is 0 Å². The fourth-order valence-electron chi connectivity index (χ4n) is 2.08. The molecule has 0 saturated carbocycles. The zero-order chi connectivity index (χ0) is 14.5. The molecule has 0 fully saturated rings. The van der Waals surface area contributed by atoms with Crippen LogP contribution in [0.4, 0.5) is 13.2 Å². The van der Waals surface area contributed by atoms with Gasteiger partial charge in [-0.05, 0) is 30.0 Å². The van der Waals surface area contributed by atoms with Crippen LogP contribution in [-0.2, 0) is 0 Å². The van der Waals surface area contributed by atoms with Crippen LogP contribution in [0.2, 0.25) is 0 Å². The lowest BCUT2D eigenvalue weighted by Crippen LogP contribution is -2.26. The van der Waals surface area contributed by atoms with Crippen molar-refractivity contribution in [2.45, 2.75) is 51.7 Å². The van der Waals surface area contributed by atoms with Crippen molar-refractivity contribution in [3.63, 3.8) is 0 Å². The summed E-state index contributed by atoms with van der Waals surface area (Å²) in [5, 5.41) is 2.90. The number of halogens is 3. The van der Waals surface area contributed by atoms with E-state index in [1.54, 1.807) is 12.1 Å². The molecule has 0 aromatic heterocycles. The largest absolute Gasteiger partial charge is 0.390 e. The van der Waals surface area contributed by atoms with E-state index in [9.17, 15) is 13.2 Å². The van der Waals surface area contributed by atoms with Gasteiger partial charge in [0.15, 0.2) is 0 Å². The van der Waals surface area contributed by atoms with E-state index in [1.807, 2.05) is 19.1 Å². The first-order valence-electron chi connectivity index (χ1n) is 6.77. The lowest BCUT2D eigenvalue weighted by Gasteiger charge is -2.20. The number of rotatable bonds is 6. The average Bonchev–Trinajstić information content (AvgIpc) is 2.36. The Morgan fingerprint density at radius 3 is 2.00 bits per heavy atom. The Hall–Kier alpha value is -1.03. The number of nitrogens with one attached hydrogen (secondary N) is 1. The Bertz CT molecular complexity index is 370. The summed E-state index contributed by atoms with van der Waals surface area (Å²) in [6.45, 7) is 6.56. The normalized spacial score (nSPS) is 15.3. The third kappa shape index (κ3) is 5.23. The molecule has 19 heavy (non-hydrogen) atoms. The zero-order valence-corrected chi connectivity index (χ0v) is 11.7. The van der Waals surface area contributed by atoms with Gasteiger partial charge in [0.25, 0.3) is 0 Å². The van der Waals surface area contributed by atoms with E-state index in [-0.39, 0.29) is 0 Å². The maximum Gasteiger partial charge on any atom is 0.390 e. The molecule has 1 N–H and O–H groups in total. The predicted octanol–water partition coefficient (Wildman–Crippen LogP) is 4.80. The quantitative estimate of drug-likeness (QED) is 0.784. The minimum atomic E-state index is -4.15. The van der Waals surface area contributed by atoms with Crippen molar-refractivity contribution in [2.75, 3.05) is 6.54 Å². The van der Waals surface area contributed by atoms with Crippen molar-refractivity contribution in [3.8, 4) is 0 Å². The van der Waals surface area contributed by atoms with Gasteiger partial charge in [0.05, 0.1) is 6.42 Å². The summed E-state index contributed by atoms with van der Waals surface area (Å²) in [4.78, 5) is 0. The van der Waals surface area contributed by atoms with Crippen molar-refractivity contribution in [1.29, 1.82) is 0 Å². The summed E-state index contributed by atoms with van der Waals surface area (Å²) in [7, 11) is 0. The van der Waals surface area contributed by atoms with Crippen LogP contribution < -0.4 is 5.32 Å². The highest BCUT2D eigenvalue weighted by atomic mass is 19.4. The molecule has 2 atom stereocenters. The maximum absolute atomic E-state index is 12.5. The topological polar surface area (TPSA) is 12.0 Å². The van der Waals surface area contributed by atoms with Crippen LogP contribution in [0.25, 0.3) is 0 Å². The molecule has 1 aromatic rings. The predicted molar refractivity (Wildman–Crippen MR) is 72.2 cm³/mol. The summed E-state index contributed by atoms with van der Waals surface area (Å²) in [6.07, 6.45) is -3.95. The van der Waals surface area contributed by atoms with E-state index in [1.165, 1.54) is 5.56 Å². The summed E-state index contributed by atoms with van der Waals surface area (Å²) in [6, 6.07) is 6.83. The van der Waals surface area contributed by atoms with Gasteiger partial charge in [-0.1, -0.05) is 45.0 Å². The van der Waals surface area contributed by atoms with E-state index < -0.39 is 18.6 Å². The van der Waals surface area contributed by atoms with E-state index in [0.29, 0.717) is 18.0 Å². The van der Waals surface area contributed by atoms with Gasteiger partial charge < -0.3 is 5.32 Å². The molecule has 0 radical (unpaired) electrons. The molecule has 0 aliphatic rings. The van der Waals surface area contributed by atoms with E-state index in [4.69, 9.17) is 0 Å². The summed E-state index contributed by atoms with van der Waals surface area (Å²) >= 11 is 0. The second-order valence-electron chi connectivity index (χ2n) is 4.91. The molecule has 0 spiro atoms. The van der Waals surface area contributed by atoms with Crippen LogP contribution in [-0.4, -0.2) is 12.7 Å². The molecule has 0 amide bonds. The smallest absolute Gasteiger partial charge is 0.310 e. The number of hydrogen-bond acceptors (Lipinski definition) is 1. The minimum absolute atomic E-state index is 0.439. The Labute approximate surface area is 113 Å². The van der Waals surface area contributed by atoms with Gasteiger partial charge in [0.2, 0.25) is 0 Å². The molecule has 0 aliphatic heterocycles. The minimum Gasteiger partial charge on any atom is -0.310 e. The van der Waals surface area contributed by atoms with Gasteiger partial charge in [-0.2, -0.15) is 13.2 Å². The van der Waals surface area contributed by atoms with Crippen LogP contribution in [0.15, 0.2) is 24.3 Å². The van der Waals surface area contributed by atoms with Crippen LogP contribution >= 0.6 is 0 Å². The monoisotopic (exact) mass is 273 g/mol. The highest BCUT2D eigenvalue weighted by Crippen LogP contribution is 2.30. The van der Waals surface area contributed by atoms with Crippen LogP contribution in [0.1, 0.15) is 56.7 Å². The molecule has 0 bridgehead atoms. The highest BCUT2D eigenvalue weighted by molar-refractivity contribution is 5.27. The van der Waals surface area contributed by atoms with Gasteiger partial charge in [0, 0.05) is 6.04 Å². The second-order valence-corrected chi connectivity index (χ2v) is 4.91. The van der Waals surface area contributed by atoms with E-state index in [2.05, 4.69) is 19.2 Å². The summed E-state index contributed by atoms with van der Waals surface area (Å²) in [5.41, 5.74) is 1.87. The Morgan fingerprint density at radius 1 is 1.05 bits per heavy atom. The molecule has 0 saturated heterocycles. The lowest BCUT2D eigenvalue weighted by atomic mass is 9.95. The number of benzene rings is 1. The zero-order valence-electron chi connectivity index (χ0n) is 11.7. The molecular formula is C15H22F3N. The first kappa shape index (κ1) is 16.0. The molecule has 2 unspecified atom stereocenters. The van der Waals surface area contributed by atoms with Gasteiger partial charge in [-0.15, -0.1) is 0 Å². The van der Waals surface area contributed by atoms with E-state index in [0.717, 1.165) is 6.42 Å². The van der Waals surface area contributed by atoms with Crippen LogP contribution in [0.5, 0.6) is 0 Å².